The molecule has 0 saturated heterocycles. The lowest BCUT2D eigenvalue weighted by atomic mass is 10.0. The predicted octanol–water partition coefficient (Wildman–Crippen LogP) is 4.31. The lowest BCUT2D eigenvalue weighted by molar-refractivity contribution is -0.141. The summed E-state index contributed by atoms with van der Waals surface area (Å²) in [7, 11) is -2.66. The second-order valence-corrected chi connectivity index (χ2v) is 11.8. The minimum absolute atomic E-state index is 0.0550. The molecule has 0 aromatic heterocycles. The summed E-state index contributed by atoms with van der Waals surface area (Å²) in [5.41, 5.74) is 1.94. The number of hydrogen-bond donors (Lipinski definition) is 1. The number of nitrogens with one attached hydrogen (secondary N) is 1. The quantitative estimate of drug-likeness (QED) is 0.362. The maximum absolute atomic E-state index is 14.7. The van der Waals surface area contributed by atoms with Crippen molar-refractivity contribution in [3.63, 3.8) is 0 Å². The molecule has 208 valence electrons. The van der Waals surface area contributed by atoms with Gasteiger partial charge in [-0.2, -0.15) is 4.31 Å². The van der Waals surface area contributed by atoms with E-state index in [0.29, 0.717) is 6.42 Å². The number of rotatable bonds is 12. The Balaban J connectivity index is 1.99. The normalized spacial score (nSPS) is 13.1. The third kappa shape index (κ3) is 7.97. The highest BCUT2D eigenvalue weighted by Gasteiger charge is 2.33. The molecule has 3 rings (SSSR count). The van der Waals surface area contributed by atoms with Crippen molar-refractivity contribution in [1.29, 1.82) is 0 Å². The first-order valence-electron chi connectivity index (χ1n) is 12.9. The van der Waals surface area contributed by atoms with Crippen molar-refractivity contribution < 1.29 is 22.4 Å². The average Bonchev–Trinajstić information content (AvgIpc) is 2.92. The van der Waals surface area contributed by atoms with Gasteiger partial charge >= 0.3 is 0 Å². The van der Waals surface area contributed by atoms with E-state index in [4.69, 9.17) is 0 Å². The number of carbonyl (C=O) groups is 2. The van der Waals surface area contributed by atoms with Gasteiger partial charge in [0, 0.05) is 31.6 Å². The van der Waals surface area contributed by atoms with Crippen LogP contribution in [0.15, 0.2) is 83.8 Å². The summed E-state index contributed by atoms with van der Waals surface area (Å²) in [5.74, 6) is -1.52. The maximum atomic E-state index is 14.7. The molecule has 3 aromatic rings. The highest BCUT2D eigenvalue weighted by Crippen LogP contribution is 2.19. The van der Waals surface area contributed by atoms with E-state index in [2.05, 4.69) is 5.32 Å². The van der Waals surface area contributed by atoms with Crippen LogP contribution in [0.3, 0.4) is 0 Å². The number of sulfonamides is 1. The van der Waals surface area contributed by atoms with Gasteiger partial charge in [0.15, 0.2) is 0 Å². The summed E-state index contributed by atoms with van der Waals surface area (Å²) in [6.45, 7) is 4.93. The van der Waals surface area contributed by atoms with E-state index in [1.54, 1.807) is 30.3 Å². The Bertz CT molecular complexity index is 1360. The molecule has 3 aromatic carbocycles. The molecule has 0 aliphatic heterocycles. The van der Waals surface area contributed by atoms with Crippen molar-refractivity contribution in [2.45, 2.75) is 57.1 Å². The van der Waals surface area contributed by atoms with E-state index in [1.807, 2.05) is 51.1 Å². The van der Waals surface area contributed by atoms with Crippen LogP contribution in [0, 0.1) is 12.7 Å². The summed E-state index contributed by atoms with van der Waals surface area (Å²) >= 11 is 0. The summed E-state index contributed by atoms with van der Waals surface area (Å²) < 4.78 is 42.1. The van der Waals surface area contributed by atoms with E-state index in [9.17, 15) is 22.4 Å². The van der Waals surface area contributed by atoms with Crippen LogP contribution in [0.4, 0.5) is 4.39 Å². The van der Waals surface area contributed by atoms with Crippen molar-refractivity contribution in [2.75, 3.05) is 13.6 Å². The zero-order valence-corrected chi connectivity index (χ0v) is 23.6. The Morgan fingerprint density at radius 3 is 2.18 bits per heavy atom. The van der Waals surface area contributed by atoms with Gasteiger partial charge in [0.2, 0.25) is 21.8 Å². The minimum Gasteiger partial charge on any atom is -0.352 e. The van der Waals surface area contributed by atoms with Crippen molar-refractivity contribution in [2.24, 2.45) is 0 Å². The molecule has 39 heavy (non-hydrogen) atoms. The van der Waals surface area contributed by atoms with Gasteiger partial charge in [0.05, 0.1) is 11.4 Å². The second kappa shape index (κ2) is 13.5. The number of halogens is 1. The first kappa shape index (κ1) is 30.0. The molecule has 9 heteroatoms. The van der Waals surface area contributed by atoms with Crippen LogP contribution < -0.4 is 5.32 Å². The topological polar surface area (TPSA) is 86.8 Å². The summed E-state index contributed by atoms with van der Waals surface area (Å²) in [6, 6.07) is 20.5. The smallest absolute Gasteiger partial charge is 0.243 e. The number of likely N-dealkylation sites (N-methyl/N-ethyl adjacent to an activating group) is 1. The minimum atomic E-state index is -3.98. The molecule has 1 N–H and O–H groups in total. The molecule has 0 fully saturated rings. The fourth-order valence-electron chi connectivity index (χ4n) is 4.06. The van der Waals surface area contributed by atoms with Crippen molar-refractivity contribution >= 4 is 21.8 Å². The van der Waals surface area contributed by atoms with Gasteiger partial charge in [-0.05, 0) is 44.0 Å². The number of aryl methyl sites for hydroxylation is 1. The number of benzene rings is 3. The fourth-order valence-corrected chi connectivity index (χ4v) is 5.18. The first-order chi connectivity index (χ1) is 18.5. The van der Waals surface area contributed by atoms with E-state index < -0.39 is 34.3 Å². The molecule has 0 spiro atoms. The van der Waals surface area contributed by atoms with Crippen LogP contribution in [0.5, 0.6) is 0 Å². The largest absolute Gasteiger partial charge is 0.352 e. The monoisotopic (exact) mass is 553 g/mol. The molecule has 0 radical (unpaired) electrons. The van der Waals surface area contributed by atoms with Crippen LogP contribution in [0.25, 0.3) is 0 Å². The lowest BCUT2D eigenvalue weighted by Crippen LogP contribution is -2.54. The van der Waals surface area contributed by atoms with Crippen LogP contribution >= 0.6 is 0 Å². The van der Waals surface area contributed by atoms with Crippen molar-refractivity contribution in [1.82, 2.24) is 14.5 Å². The molecule has 0 heterocycles. The number of amides is 2. The highest BCUT2D eigenvalue weighted by atomic mass is 32.2. The molecule has 2 atom stereocenters. The van der Waals surface area contributed by atoms with Crippen molar-refractivity contribution in [3.8, 4) is 0 Å². The molecular formula is C30H36FN3O4S. The van der Waals surface area contributed by atoms with Gasteiger partial charge in [-0.25, -0.2) is 12.8 Å². The fraction of sp³-hybridized carbons (Fsp3) is 0.333. The van der Waals surface area contributed by atoms with Gasteiger partial charge < -0.3 is 10.2 Å². The van der Waals surface area contributed by atoms with Crippen LogP contribution in [-0.4, -0.2) is 55.1 Å². The maximum Gasteiger partial charge on any atom is 0.243 e. The highest BCUT2D eigenvalue weighted by molar-refractivity contribution is 7.89. The molecular weight excluding hydrogens is 517 g/mol. The van der Waals surface area contributed by atoms with Crippen LogP contribution in [0.1, 0.15) is 37.0 Å². The Labute approximate surface area is 230 Å². The van der Waals surface area contributed by atoms with E-state index in [0.717, 1.165) is 15.4 Å². The molecule has 0 aliphatic rings. The molecule has 0 saturated carbocycles. The average molecular weight is 554 g/mol. The van der Waals surface area contributed by atoms with Crippen LogP contribution in [0.2, 0.25) is 0 Å². The Hall–Kier alpha value is -3.56. The summed E-state index contributed by atoms with van der Waals surface area (Å²) in [4.78, 5) is 28.7. The third-order valence-electron chi connectivity index (χ3n) is 6.66. The molecule has 0 aliphatic carbocycles. The van der Waals surface area contributed by atoms with Gasteiger partial charge in [-0.1, -0.05) is 73.2 Å². The van der Waals surface area contributed by atoms with Crippen LogP contribution in [-0.2, 0) is 32.6 Å². The zero-order chi connectivity index (χ0) is 28.6. The standard InChI is InChI=1S/C30H36FN3O4S/c1-5-23(3)32-30(36)28(19-24-11-7-6-8-12-24)34(20-25-13-9-10-14-27(25)31)29(35)21-33(4)39(37,38)26-17-15-22(2)16-18-26/h6-18,23,28H,5,19-21H2,1-4H3,(H,32,36). The Morgan fingerprint density at radius 1 is 0.949 bits per heavy atom. The van der Waals surface area contributed by atoms with E-state index in [1.165, 1.54) is 30.1 Å². The van der Waals surface area contributed by atoms with Gasteiger partial charge in [0.25, 0.3) is 0 Å². The van der Waals surface area contributed by atoms with E-state index >= 15 is 0 Å². The third-order valence-corrected chi connectivity index (χ3v) is 8.48. The van der Waals surface area contributed by atoms with Gasteiger partial charge in [-0.15, -0.1) is 0 Å². The second-order valence-electron chi connectivity index (χ2n) is 9.71. The Morgan fingerprint density at radius 2 is 1.56 bits per heavy atom. The number of nitrogens with zero attached hydrogens (tertiary/aromatic N) is 2. The number of hydrogen-bond acceptors (Lipinski definition) is 4. The molecule has 0 bridgehead atoms. The Kier molecular flexibility index (Phi) is 10.4. The summed E-state index contributed by atoms with van der Waals surface area (Å²) in [6.07, 6.45) is 0.861. The van der Waals surface area contributed by atoms with Gasteiger partial charge in [-0.3, -0.25) is 9.59 Å². The van der Waals surface area contributed by atoms with Crippen molar-refractivity contribution in [3.05, 3.63) is 101 Å². The molecule has 7 nitrogen and oxygen atoms in total. The molecule has 2 unspecified atom stereocenters. The summed E-state index contributed by atoms with van der Waals surface area (Å²) in [5, 5.41) is 2.94. The number of carbonyl (C=O) groups excluding carboxylic acids is 2. The predicted molar refractivity (Wildman–Crippen MR) is 150 cm³/mol. The molecule has 2 amide bonds. The first-order valence-corrected chi connectivity index (χ1v) is 14.4. The lowest BCUT2D eigenvalue weighted by Gasteiger charge is -2.33. The zero-order valence-electron chi connectivity index (χ0n) is 22.8. The van der Waals surface area contributed by atoms with E-state index in [-0.39, 0.29) is 35.4 Å². The SMILES string of the molecule is CCC(C)NC(=O)C(Cc1ccccc1)N(Cc1ccccc1F)C(=O)CN(C)S(=O)(=O)c1ccc(C)cc1. The van der Waals surface area contributed by atoms with Gasteiger partial charge in [0.1, 0.15) is 11.9 Å².